The molecule has 4 aromatic rings. The van der Waals surface area contributed by atoms with Crippen LogP contribution in [-0.4, -0.2) is 89.4 Å². The first kappa shape index (κ1) is 33.0. The van der Waals surface area contributed by atoms with Gasteiger partial charge < -0.3 is 30.2 Å². The number of benzene rings is 2. The smallest absolute Gasteiger partial charge is 0.229 e. The Morgan fingerprint density at radius 2 is 1.77 bits per heavy atom. The lowest BCUT2D eigenvalue weighted by Crippen LogP contribution is -2.52. The molecule has 1 saturated carbocycles. The first-order valence-electron chi connectivity index (χ1n) is 16.6. The zero-order valence-corrected chi connectivity index (χ0v) is 30.0. The quantitative estimate of drug-likeness (QED) is 0.170. The molecule has 7 rings (SSSR count). The Morgan fingerprint density at radius 1 is 1.00 bits per heavy atom. The highest BCUT2D eigenvalue weighted by atomic mass is 79.9. The second kappa shape index (κ2) is 13.8. The standard InChI is InChI=1S/C34H42BrFN9O2P/c1-43-21-22(19-39-43)26-17-29(41-34-38-20-27(35)33(42-34)40-28-7-4-23(36)16-32(28)48(2,3)46)31(47-25-5-6-25)18-30(26)45-12-8-24(9-13-45)44-14-10-37-11-15-44/h4,7,16-21,24-25,37H,5-6,8-15H2,1-3H3,(H2,38,40,41,42). The number of hydrogen-bond acceptors (Lipinski definition) is 10. The van der Waals surface area contributed by atoms with Crippen molar-refractivity contribution in [1.29, 1.82) is 0 Å². The number of piperidine rings is 1. The van der Waals surface area contributed by atoms with E-state index in [1.54, 1.807) is 25.6 Å². The molecule has 254 valence electrons. The van der Waals surface area contributed by atoms with Crippen LogP contribution in [0.1, 0.15) is 25.7 Å². The fourth-order valence-corrected chi connectivity index (χ4v) is 7.96. The molecule has 2 saturated heterocycles. The van der Waals surface area contributed by atoms with Crippen LogP contribution in [0, 0.1) is 5.82 Å². The predicted octanol–water partition coefficient (Wildman–Crippen LogP) is 5.93. The summed E-state index contributed by atoms with van der Waals surface area (Å²) in [6.45, 7) is 9.53. The number of nitrogens with zero attached hydrogens (tertiary/aromatic N) is 6. The third kappa shape index (κ3) is 7.54. The predicted molar refractivity (Wildman–Crippen MR) is 194 cm³/mol. The molecule has 4 heterocycles. The minimum absolute atomic E-state index is 0.180. The van der Waals surface area contributed by atoms with Crippen LogP contribution >= 0.6 is 23.1 Å². The third-order valence-electron chi connectivity index (χ3n) is 9.19. The molecule has 2 aliphatic heterocycles. The largest absolute Gasteiger partial charge is 0.488 e. The van der Waals surface area contributed by atoms with Crippen LogP contribution < -0.4 is 30.9 Å². The van der Waals surface area contributed by atoms with Crippen molar-refractivity contribution in [2.45, 2.75) is 37.8 Å². The van der Waals surface area contributed by atoms with E-state index in [4.69, 9.17) is 9.72 Å². The number of halogens is 2. The van der Waals surface area contributed by atoms with Gasteiger partial charge in [-0.25, -0.2) is 9.37 Å². The molecule has 0 radical (unpaired) electrons. The van der Waals surface area contributed by atoms with Crippen LogP contribution in [0.3, 0.4) is 0 Å². The lowest BCUT2D eigenvalue weighted by atomic mass is 9.98. The van der Waals surface area contributed by atoms with Gasteiger partial charge in [-0.3, -0.25) is 9.58 Å². The van der Waals surface area contributed by atoms with Gasteiger partial charge in [0.1, 0.15) is 24.5 Å². The number of hydrogen-bond donors (Lipinski definition) is 3. The van der Waals surface area contributed by atoms with Crippen LogP contribution in [0.2, 0.25) is 0 Å². The van der Waals surface area contributed by atoms with Gasteiger partial charge in [0.05, 0.1) is 28.1 Å². The second-order valence-corrected chi connectivity index (χ2v) is 17.3. The number of anilines is 5. The van der Waals surface area contributed by atoms with Gasteiger partial charge in [0.2, 0.25) is 5.95 Å². The van der Waals surface area contributed by atoms with E-state index < -0.39 is 13.0 Å². The molecule has 0 atom stereocenters. The van der Waals surface area contributed by atoms with Crippen molar-refractivity contribution in [2.75, 3.05) is 68.1 Å². The Bertz CT molecular complexity index is 1830. The van der Waals surface area contributed by atoms with E-state index in [-0.39, 0.29) is 6.10 Å². The third-order valence-corrected chi connectivity index (χ3v) is 11.3. The molecule has 3 fully saturated rings. The van der Waals surface area contributed by atoms with Gasteiger partial charge in [-0.05, 0) is 79.2 Å². The lowest BCUT2D eigenvalue weighted by molar-refractivity contribution is 0.150. The van der Waals surface area contributed by atoms with Crippen molar-refractivity contribution < 1.29 is 13.7 Å². The van der Waals surface area contributed by atoms with E-state index in [1.165, 1.54) is 12.1 Å². The molecule has 3 aliphatic rings. The first-order chi connectivity index (χ1) is 23.1. The van der Waals surface area contributed by atoms with Crippen molar-refractivity contribution in [3.63, 3.8) is 0 Å². The Kier molecular flexibility index (Phi) is 9.47. The van der Waals surface area contributed by atoms with Crippen LogP contribution in [-0.2, 0) is 11.6 Å². The minimum Gasteiger partial charge on any atom is -0.488 e. The molecule has 3 N–H and O–H groups in total. The Hall–Kier alpha value is -3.51. The van der Waals surface area contributed by atoms with Crippen molar-refractivity contribution >= 4 is 57.2 Å². The van der Waals surface area contributed by atoms with E-state index in [1.807, 2.05) is 24.1 Å². The molecule has 2 aromatic heterocycles. The normalized spacial score (nSPS) is 17.8. The highest BCUT2D eigenvalue weighted by molar-refractivity contribution is 9.10. The van der Waals surface area contributed by atoms with E-state index in [2.05, 4.69) is 63.9 Å². The summed E-state index contributed by atoms with van der Waals surface area (Å²) in [7, 11) is -0.856. The summed E-state index contributed by atoms with van der Waals surface area (Å²) in [4.78, 5) is 14.4. The molecular weight excluding hydrogens is 696 g/mol. The first-order valence-corrected chi connectivity index (χ1v) is 20.0. The number of ether oxygens (including phenoxy) is 1. The minimum atomic E-state index is -2.79. The Balaban J connectivity index is 1.21. The van der Waals surface area contributed by atoms with Gasteiger partial charge in [-0.1, -0.05) is 0 Å². The monoisotopic (exact) mass is 737 g/mol. The molecule has 1 aliphatic carbocycles. The summed E-state index contributed by atoms with van der Waals surface area (Å²) < 4.78 is 36.1. The molecule has 0 bridgehead atoms. The Labute approximate surface area is 289 Å². The molecule has 2 aromatic carbocycles. The topological polar surface area (TPSA) is 112 Å². The van der Waals surface area contributed by atoms with Gasteiger partial charge in [-0.2, -0.15) is 10.1 Å². The number of nitrogens with one attached hydrogen (secondary N) is 3. The maximum Gasteiger partial charge on any atom is 0.229 e. The summed E-state index contributed by atoms with van der Waals surface area (Å²) >= 11 is 3.54. The number of piperazine rings is 1. The molecule has 0 spiro atoms. The van der Waals surface area contributed by atoms with Gasteiger partial charge in [-0.15, -0.1) is 0 Å². The Morgan fingerprint density at radius 3 is 2.46 bits per heavy atom. The van der Waals surface area contributed by atoms with Crippen LogP contribution in [0.5, 0.6) is 5.75 Å². The average molecular weight is 739 g/mol. The van der Waals surface area contributed by atoms with Gasteiger partial charge in [0, 0.05) is 92.9 Å². The van der Waals surface area contributed by atoms with E-state index >= 15 is 0 Å². The second-order valence-electron chi connectivity index (χ2n) is 13.2. The molecule has 0 amide bonds. The molecule has 48 heavy (non-hydrogen) atoms. The summed E-state index contributed by atoms with van der Waals surface area (Å²) in [5.41, 5.74) is 4.49. The molecule has 14 heteroatoms. The average Bonchev–Trinajstić information content (AvgIpc) is 3.79. The van der Waals surface area contributed by atoms with E-state index in [9.17, 15) is 8.96 Å². The van der Waals surface area contributed by atoms with E-state index in [0.717, 1.165) is 93.2 Å². The van der Waals surface area contributed by atoms with Gasteiger partial charge in [0.25, 0.3) is 0 Å². The molecular formula is C34H42BrFN9O2P. The molecule has 11 nitrogen and oxygen atoms in total. The highest BCUT2D eigenvalue weighted by Gasteiger charge is 2.30. The van der Waals surface area contributed by atoms with E-state index in [0.29, 0.717) is 33.3 Å². The van der Waals surface area contributed by atoms with Gasteiger partial charge >= 0.3 is 0 Å². The van der Waals surface area contributed by atoms with Gasteiger partial charge in [0.15, 0.2) is 0 Å². The zero-order valence-electron chi connectivity index (χ0n) is 27.5. The summed E-state index contributed by atoms with van der Waals surface area (Å²) in [5, 5.41) is 15.1. The van der Waals surface area contributed by atoms with Crippen molar-refractivity contribution in [2.24, 2.45) is 7.05 Å². The zero-order chi connectivity index (χ0) is 33.4. The van der Waals surface area contributed by atoms with Crippen molar-refractivity contribution in [1.82, 2.24) is 30.0 Å². The van der Waals surface area contributed by atoms with Crippen LogP contribution in [0.4, 0.5) is 33.2 Å². The van der Waals surface area contributed by atoms with Crippen molar-refractivity contribution in [3.05, 3.63) is 59.2 Å². The fraction of sp³-hybridized carbons (Fsp3) is 0.441. The summed E-state index contributed by atoms with van der Waals surface area (Å²) in [6, 6.07) is 9.13. The highest BCUT2D eigenvalue weighted by Crippen LogP contribution is 2.44. The maximum atomic E-state index is 14.1. The fourth-order valence-electron chi connectivity index (χ4n) is 6.52. The SMILES string of the molecule is Cn1cc(-c2cc(Nc3ncc(Br)c(Nc4ccc(F)cc4P(C)(C)=O)n3)c(OC3CC3)cc2N2CCC(N3CCNCC3)CC2)cn1. The van der Waals surface area contributed by atoms with Crippen LogP contribution in [0.15, 0.2) is 53.4 Å². The maximum absolute atomic E-state index is 14.1. The molecule has 0 unspecified atom stereocenters. The number of aromatic nitrogens is 4. The number of rotatable bonds is 10. The van der Waals surface area contributed by atoms with Crippen LogP contribution in [0.25, 0.3) is 11.1 Å². The summed E-state index contributed by atoms with van der Waals surface area (Å²) in [6.07, 6.45) is 10.1. The number of aryl methyl sites for hydroxylation is 1. The van der Waals surface area contributed by atoms with Crippen molar-refractivity contribution in [3.8, 4) is 16.9 Å². The lowest BCUT2D eigenvalue weighted by Gasteiger charge is -2.41. The summed E-state index contributed by atoms with van der Waals surface area (Å²) in [5.74, 6) is 1.12.